The number of carbonyl (C=O) groups excluding carboxylic acids is 1. The zero-order valence-corrected chi connectivity index (χ0v) is 14.1. The summed E-state index contributed by atoms with van der Waals surface area (Å²) in [5.41, 5.74) is 1.03. The van der Waals surface area contributed by atoms with Gasteiger partial charge in [-0.2, -0.15) is 0 Å². The summed E-state index contributed by atoms with van der Waals surface area (Å²) in [6, 6.07) is 16.8. The number of fused-ring (bicyclic) bond motifs is 1. The quantitative estimate of drug-likeness (QED) is 0.776. The Morgan fingerprint density at radius 3 is 2.71 bits per heavy atom. The van der Waals surface area contributed by atoms with Crippen LogP contribution in [0, 0.1) is 0 Å². The molecule has 0 fully saturated rings. The first kappa shape index (κ1) is 16.2. The lowest BCUT2D eigenvalue weighted by atomic mass is 10.1. The molecule has 1 aromatic heterocycles. The summed E-state index contributed by atoms with van der Waals surface area (Å²) >= 11 is 0.977. The minimum Gasteiger partial charge on any atom is -0.496 e. The number of rotatable bonds is 5. The van der Waals surface area contributed by atoms with Crippen LogP contribution < -0.4 is 14.8 Å². The highest BCUT2D eigenvalue weighted by Crippen LogP contribution is 2.18. The Bertz CT molecular complexity index is 933. The lowest BCUT2D eigenvalue weighted by Crippen LogP contribution is -2.25. The molecule has 2 aromatic carbocycles. The largest absolute Gasteiger partial charge is 0.496 e. The summed E-state index contributed by atoms with van der Waals surface area (Å²) in [5, 5.41) is 4.30. The van der Waals surface area contributed by atoms with Gasteiger partial charge < -0.3 is 10.1 Å². The number of methoxy groups -OCH3 is 1. The summed E-state index contributed by atoms with van der Waals surface area (Å²) in [6.07, 6.45) is 0.665. The van der Waals surface area contributed by atoms with Crippen molar-refractivity contribution >= 4 is 28.0 Å². The highest BCUT2D eigenvalue weighted by Gasteiger charge is 2.10. The molecular weight excluding hydrogens is 322 g/mol. The van der Waals surface area contributed by atoms with Gasteiger partial charge in [-0.3, -0.25) is 9.59 Å². The Hall–Kier alpha value is -2.66. The van der Waals surface area contributed by atoms with Crippen molar-refractivity contribution in [3.05, 3.63) is 74.6 Å². The van der Waals surface area contributed by atoms with Crippen molar-refractivity contribution in [3.63, 3.8) is 0 Å². The van der Waals surface area contributed by atoms with Crippen molar-refractivity contribution in [1.29, 1.82) is 0 Å². The molecule has 122 valence electrons. The third-order valence-corrected chi connectivity index (χ3v) is 4.69. The molecule has 0 spiro atoms. The molecule has 0 bridgehead atoms. The second-order valence-electron chi connectivity index (χ2n) is 5.30. The van der Waals surface area contributed by atoms with Crippen molar-refractivity contribution in [2.45, 2.75) is 6.42 Å². The van der Waals surface area contributed by atoms with Crippen LogP contribution >= 0.6 is 11.3 Å². The smallest absolute Gasteiger partial charge is 0.261 e. The summed E-state index contributed by atoms with van der Waals surface area (Å²) in [6.45, 7) is 0.479. The second kappa shape index (κ2) is 7.27. The van der Waals surface area contributed by atoms with Gasteiger partial charge >= 0.3 is 0 Å². The first-order chi connectivity index (χ1) is 11.7. The molecule has 0 saturated carbocycles. The Morgan fingerprint density at radius 1 is 1.12 bits per heavy atom. The number of para-hydroxylation sites is 1. The number of nitrogens with one attached hydrogen (secondary N) is 1. The van der Waals surface area contributed by atoms with Gasteiger partial charge in [-0.1, -0.05) is 47.7 Å². The van der Waals surface area contributed by atoms with E-state index in [1.165, 1.54) is 0 Å². The van der Waals surface area contributed by atoms with Gasteiger partial charge in [0.15, 0.2) is 0 Å². The fourth-order valence-electron chi connectivity index (χ4n) is 2.55. The highest BCUT2D eigenvalue weighted by molar-refractivity contribution is 7.12. The number of hydrogen-bond donors (Lipinski definition) is 1. The summed E-state index contributed by atoms with van der Waals surface area (Å²) < 4.78 is 5.20. The van der Waals surface area contributed by atoms with E-state index in [1.807, 2.05) is 42.5 Å². The Balaban J connectivity index is 1.70. The lowest BCUT2D eigenvalue weighted by molar-refractivity contribution is 0.0958. The molecule has 5 heteroatoms. The van der Waals surface area contributed by atoms with E-state index < -0.39 is 0 Å². The summed E-state index contributed by atoms with van der Waals surface area (Å²) in [4.78, 5) is 24.8. The second-order valence-corrected chi connectivity index (χ2v) is 6.32. The molecule has 0 radical (unpaired) electrons. The van der Waals surface area contributed by atoms with Crippen molar-refractivity contribution in [2.24, 2.45) is 0 Å². The fourth-order valence-corrected chi connectivity index (χ4v) is 3.40. The molecule has 0 aliphatic rings. The van der Waals surface area contributed by atoms with E-state index in [0.29, 0.717) is 23.2 Å². The molecule has 1 heterocycles. The highest BCUT2D eigenvalue weighted by atomic mass is 32.1. The van der Waals surface area contributed by atoms with Crippen molar-refractivity contribution in [3.8, 4) is 5.75 Å². The Morgan fingerprint density at radius 2 is 1.88 bits per heavy atom. The van der Waals surface area contributed by atoms with E-state index in [-0.39, 0.29) is 10.6 Å². The van der Waals surface area contributed by atoms with Crippen LogP contribution in [0.25, 0.3) is 10.8 Å². The van der Waals surface area contributed by atoms with E-state index in [9.17, 15) is 9.59 Å². The monoisotopic (exact) mass is 339 g/mol. The SMILES string of the molecule is COc1ccccc1CCNC(=O)c1cc2ccccc2c(=O)s1. The predicted octanol–water partition coefficient (Wildman–Crippen LogP) is 3.24. The van der Waals surface area contributed by atoms with E-state index in [0.717, 1.165) is 28.0 Å². The topological polar surface area (TPSA) is 55.4 Å². The van der Waals surface area contributed by atoms with Crippen molar-refractivity contribution in [1.82, 2.24) is 5.32 Å². The number of benzene rings is 2. The zero-order valence-electron chi connectivity index (χ0n) is 13.2. The van der Waals surface area contributed by atoms with Gasteiger partial charge in [0.05, 0.1) is 12.0 Å². The number of hydrogen-bond acceptors (Lipinski definition) is 4. The van der Waals surface area contributed by atoms with Crippen LogP contribution in [0.5, 0.6) is 5.75 Å². The maximum absolute atomic E-state index is 12.3. The molecular formula is C19H17NO3S. The molecule has 0 aliphatic carbocycles. The maximum Gasteiger partial charge on any atom is 0.261 e. The average molecular weight is 339 g/mol. The van der Waals surface area contributed by atoms with Gasteiger partial charge in [-0.05, 0) is 35.6 Å². The van der Waals surface area contributed by atoms with Gasteiger partial charge in [-0.25, -0.2) is 0 Å². The minimum absolute atomic E-state index is 0.0945. The maximum atomic E-state index is 12.3. The summed E-state index contributed by atoms with van der Waals surface area (Å²) in [5.74, 6) is 0.583. The average Bonchev–Trinajstić information content (AvgIpc) is 2.62. The molecule has 1 amide bonds. The first-order valence-electron chi connectivity index (χ1n) is 7.62. The van der Waals surface area contributed by atoms with Crippen LogP contribution in [0.2, 0.25) is 0 Å². The molecule has 0 aliphatic heterocycles. The number of carbonyl (C=O) groups is 1. The van der Waals surface area contributed by atoms with Crippen molar-refractivity contribution < 1.29 is 9.53 Å². The van der Waals surface area contributed by atoms with Gasteiger partial charge in [0.2, 0.25) is 4.74 Å². The molecule has 0 atom stereocenters. The third kappa shape index (κ3) is 3.46. The van der Waals surface area contributed by atoms with E-state index >= 15 is 0 Å². The lowest BCUT2D eigenvalue weighted by Gasteiger charge is -2.09. The Kier molecular flexibility index (Phi) is 4.91. The van der Waals surface area contributed by atoms with Crippen molar-refractivity contribution in [2.75, 3.05) is 13.7 Å². The van der Waals surface area contributed by atoms with Crippen LogP contribution in [0.3, 0.4) is 0 Å². The zero-order chi connectivity index (χ0) is 16.9. The molecule has 1 N–H and O–H groups in total. The minimum atomic E-state index is -0.224. The van der Waals surface area contributed by atoms with E-state index in [1.54, 1.807) is 19.2 Å². The number of ether oxygens (including phenoxy) is 1. The summed E-state index contributed by atoms with van der Waals surface area (Å²) in [7, 11) is 1.63. The van der Waals surface area contributed by atoms with E-state index in [2.05, 4.69) is 5.32 Å². The molecule has 4 nitrogen and oxygen atoms in total. The normalized spacial score (nSPS) is 10.5. The van der Waals surface area contributed by atoms with E-state index in [4.69, 9.17) is 4.74 Å². The van der Waals surface area contributed by atoms with Crippen LogP contribution in [0.1, 0.15) is 15.2 Å². The molecule has 0 saturated heterocycles. The molecule has 24 heavy (non-hydrogen) atoms. The van der Waals surface area contributed by atoms with Crippen LogP contribution in [-0.2, 0) is 6.42 Å². The predicted molar refractivity (Wildman–Crippen MR) is 97.1 cm³/mol. The van der Waals surface area contributed by atoms with Crippen LogP contribution in [0.15, 0.2) is 59.4 Å². The molecule has 0 unspecified atom stereocenters. The molecule has 3 aromatic rings. The van der Waals surface area contributed by atoms with Crippen LogP contribution in [0.4, 0.5) is 0 Å². The van der Waals surface area contributed by atoms with Gasteiger partial charge in [0, 0.05) is 11.9 Å². The van der Waals surface area contributed by atoms with Gasteiger partial charge in [-0.15, -0.1) is 0 Å². The fraction of sp³-hybridized carbons (Fsp3) is 0.158. The number of amides is 1. The van der Waals surface area contributed by atoms with Gasteiger partial charge in [0.1, 0.15) is 5.75 Å². The Labute approximate surface area is 143 Å². The van der Waals surface area contributed by atoms with Crippen LogP contribution in [-0.4, -0.2) is 19.6 Å². The third-order valence-electron chi connectivity index (χ3n) is 3.77. The first-order valence-corrected chi connectivity index (χ1v) is 8.43. The molecule has 3 rings (SSSR count). The standard InChI is InChI=1S/C19H17NO3S/c1-23-16-9-5-3-6-13(16)10-11-20-18(21)17-12-14-7-2-4-8-15(14)19(22)24-17/h2-9,12H,10-11H2,1H3,(H,20,21). The van der Waals surface area contributed by atoms with Gasteiger partial charge in [0.25, 0.3) is 5.91 Å².